The zero-order valence-corrected chi connectivity index (χ0v) is 7.60. The van der Waals surface area contributed by atoms with Crippen LogP contribution in [-0.4, -0.2) is 9.78 Å². The van der Waals surface area contributed by atoms with Gasteiger partial charge in [-0.15, -0.1) is 5.10 Å². The summed E-state index contributed by atoms with van der Waals surface area (Å²) in [6.07, 6.45) is 0. The number of nitrogens with zero attached hydrogens (tertiary/aromatic N) is 2. The SMILES string of the molecule is [CH]c1ccccc1-c1nn(C)c(=O)o1. The quantitative estimate of drug-likeness (QED) is 0.673. The molecule has 0 spiro atoms. The van der Waals surface area contributed by atoms with Gasteiger partial charge in [-0.05, 0) is 18.6 Å². The van der Waals surface area contributed by atoms with Crippen molar-refractivity contribution < 1.29 is 4.42 Å². The minimum absolute atomic E-state index is 0.246. The lowest BCUT2D eigenvalue weighted by atomic mass is 10.1. The topological polar surface area (TPSA) is 48.0 Å². The molecule has 0 aliphatic rings. The highest BCUT2D eigenvalue weighted by Crippen LogP contribution is 2.18. The molecule has 0 bridgehead atoms. The lowest BCUT2D eigenvalue weighted by Gasteiger charge is -1.97. The van der Waals surface area contributed by atoms with Gasteiger partial charge in [0, 0.05) is 12.6 Å². The van der Waals surface area contributed by atoms with E-state index in [4.69, 9.17) is 11.3 Å². The zero-order chi connectivity index (χ0) is 10.1. The van der Waals surface area contributed by atoms with Crippen molar-refractivity contribution in [1.29, 1.82) is 0 Å². The molecule has 14 heavy (non-hydrogen) atoms. The number of hydrogen-bond acceptors (Lipinski definition) is 3. The van der Waals surface area contributed by atoms with Crippen LogP contribution < -0.4 is 5.76 Å². The van der Waals surface area contributed by atoms with Crippen molar-refractivity contribution in [2.24, 2.45) is 7.05 Å². The molecule has 0 fully saturated rings. The fourth-order valence-corrected chi connectivity index (χ4v) is 1.15. The van der Waals surface area contributed by atoms with Crippen LogP contribution in [0.3, 0.4) is 0 Å². The summed E-state index contributed by atoms with van der Waals surface area (Å²) in [5, 5.41) is 3.90. The highest BCUT2D eigenvalue weighted by atomic mass is 16.4. The van der Waals surface area contributed by atoms with Crippen molar-refractivity contribution in [3.05, 3.63) is 47.3 Å². The second kappa shape index (κ2) is 3.14. The van der Waals surface area contributed by atoms with Gasteiger partial charge in [0.05, 0.1) is 0 Å². The molecule has 2 radical (unpaired) electrons. The van der Waals surface area contributed by atoms with Gasteiger partial charge in [0.2, 0.25) is 5.89 Å². The first-order valence-corrected chi connectivity index (χ1v) is 4.07. The first-order chi connectivity index (χ1) is 6.68. The van der Waals surface area contributed by atoms with E-state index in [1.807, 2.05) is 0 Å². The summed E-state index contributed by atoms with van der Waals surface area (Å²) < 4.78 is 6.02. The predicted molar refractivity (Wildman–Crippen MR) is 50.6 cm³/mol. The molecule has 2 aromatic rings. The lowest BCUT2D eigenvalue weighted by molar-refractivity contribution is 0.505. The first kappa shape index (κ1) is 8.74. The van der Waals surface area contributed by atoms with Crippen LogP contribution >= 0.6 is 0 Å². The Morgan fingerprint density at radius 1 is 1.43 bits per heavy atom. The maximum absolute atomic E-state index is 11.0. The molecule has 4 nitrogen and oxygen atoms in total. The monoisotopic (exact) mass is 188 g/mol. The fourth-order valence-electron chi connectivity index (χ4n) is 1.15. The van der Waals surface area contributed by atoms with Crippen molar-refractivity contribution in [3.63, 3.8) is 0 Å². The molecule has 0 unspecified atom stereocenters. The summed E-state index contributed by atoms with van der Waals surface area (Å²) in [5.41, 5.74) is 1.17. The molecule has 0 aliphatic carbocycles. The van der Waals surface area contributed by atoms with E-state index in [-0.39, 0.29) is 5.89 Å². The molecule has 4 heteroatoms. The van der Waals surface area contributed by atoms with Crippen molar-refractivity contribution in [2.75, 3.05) is 0 Å². The molecule has 2 rings (SSSR count). The van der Waals surface area contributed by atoms with Gasteiger partial charge in [0.15, 0.2) is 0 Å². The van der Waals surface area contributed by atoms with Crippen molar-refractivity contribution in [3.8, 4) is 11.5 Å². The highest BCUT2D eigenvalue weighted by Gasteiger charge is 2.09. The third-order valence-electron chi connectivity index (χ3n) is 1.88. The zero-order valence-electron chi connectivity index (χ0n) is 7.60. The normalized spacial score (nSPS) is 10.4. The van der Waals surface area contributed by atoms with Crippen LogP contribution in [0.1, 0.15) is 5.56 Å². The fraction of sp³-hybridized carbons (Fsp3) is 0.100. The Hall–Kier alpha value is -1.84. The van der Waals surface area contributed by atoms with Crippen LogP contribution in [0.15, 0.2) is 33.5 Å². The standard InChI is InChI=1S/C10H8N2O2/c1-7-5-3-4-6-8(7)9-11-12(2)10(13)14-9/h1,3-6H,2H3. The molecule has 1 aromatic heterocycles. The molecule has 0 atom stereocenters. The summed E-state index contributed by atoms with van der Waals surface area (Å²) in [6.45, 7) is 5.70. The van der Waals surface area contributed by atoms with Gasteiger partial charge in [-0.1, -0.05) is 18.2 Å². The smallest absolute Gasteiger partial charge is 0.388 e. The largest absolute Gasteiger partial charge is 0.437 e. The Bertz CT molecular complexity index is 511. The van der Waals surface area contributed by atoms with E-state index in [1.54, 1.807) is 24.3 Å². The average molecular weight is 188 g/mol. The maximum Gasteiger partial charge on any atom is 0.437 e. The molecule has 0 aliphatic heterocycles. The van der Waals surface area contributed by atoms with Crippen LogP contribution in [-0.2, 0) is 7.05 Å². The summed E-state index contributed by atoms with van der Waals surface area (Å²) in [7, 11) is 1.52. The average Bonchev–Trinajstić information content (AvgIpc) is 2.48. The number of aryl methyl sites for hydroxylation is 1. The molecule has 0 saturated heterocycles. The Balaban J connectivity index is 2.60. The van der Waals surface area contributed by atoms with Gasteiger partial charge < -0.3 is 4.42 Å². The predicted octanol–water partition coefficient (Wildman–Crippen LogP) is 1.10. The van der Waals surface area contributed by atoms with E-state index in [9.17, 15) is 4.79 Å². The minimum atomic E-state index is -0.497. The Kier molecular flexibility index (Phi) is 1.96. The second-order valence-corrected chi connectivity index (χ2v) is 2.88. The van der Waals surface area contributed by atoms with E-state index < -0.39 is 5.76 Å². The van der Waals surface area contributed by atoms with Crippen LogP contribution in [0.25, 0.3) is 11.5 Å². The van der Waals surface area contributed by atoms with Gasteiger partial charge in [0.25, 0.3) is 0 Å². The van der Waals surface area contributed by atoms with E-state index in [0.717, 1.165) is 4.68 Å². The molecule has 70 valence electrons. The third kappa shape index (κ3) is 1.35. The number of hydrogen-bond donors (Lipinski definition) is 0. The molecular formula is C10H8N2O2. The van der Waals surface area contributed by atoms with Crippen LogP contribution in [0.4, 0.5) is 0 Å². The summed E-state index contributed by atoms with van der Waals surface area (Å²) in [5.74, 6) is -0.251. The van der Waals surface area contributed by atoms with Gasteiger partial charge in [-0.2, -0.15) is 4.68 Å². The minimum Gasteiger partial charge on any atom is -0.388 e. The van der Waals surface area contributed by atoms with Gasteiger partial charge >= 0.3 is 5.76 Å². The molecular weight excluding hydrogens is 180 g/mol. The first-order valence-electron chi connectivity index (χ1n) is 4.07. The van der Waals surface area contributed by atoms with Gasteiger partial charge in [-0.25, -0.2) is 4.79 Å². The van der Waals surface area contributed by atoms with Gasteiger partial charge in [-0.3, -0.25) is 0 Å². The Morgan fingerprint density at radius 2 is 2.14 bits per heavy atom. The van der Waals surface area contributed by atoms with Crippen LogP contribution in [0.2, 0.25) is 0 Å². The Morgan fingerprint density at radius 3 is 2.71 bits per heavy atom. The Labute approximate surface area is 80.8 Å². The van der Waals surface area contributed by atoms with Crippen molar-refractivity contribution in [1.82, 2.24) is 9.78 Å². The molecule has 0 N–H and O–H groups in total. The second-order valence-electron chi connectivity index (χ2n) is 2.88. The van der Waals surface area contributed by atoms with Crippen LogP contribution in [0.5, 0.6) is 0 Å². The third-order valence-corrected chi connectivity index (χ3v) is 1.88. The summed E-state index contributed by atoms with van der Waals surface area (Å²) in [4.78, 5) is 11.0. The van der Waals surface area contributed by atoms with Crippen LogP contribution in [0, 0.1) is 6.92 Å². The number of rotatable bonds is 1. The van der Waals surface area contributed by atoms with E-state index in [2.05, 4.69) is 5.10 Å². The maximum atomic E-state index is 11.0. The summed E-state index contributed by atoms with van der Waals surface area (Å²) in [6, 6.07) is 7.09. The van der Waals surface area contributed by atoms with Crippen molar-refractivity contribution in [2.45, 2.75) is 0 Å². The molecule has 1 heterocycles. The number of benzene rings is 1. The molecule has 0 saturated carbocycles. The summed E-state index contributed by atoms with van der Waals surface area (Å²) >= 11 is 0. The molecule has 0 amide bonds. The highest BCUT2D eigenvalue weighted by molar-refractivity contribution is 5.58. The van der Waals surface area contributed by atoms with E-state index in [1.165, 1.54) is 7.05 Å². The van der Waals surface area contributed by atoms with E-state index >= 15 is 0 Å². The lowest BCUT2D eigenvalue weighted by Crippen LogP contribution is -2.09. The van der Waals surface area contributed by atoms with Crippen molar-refractivity contribution >= 4 is 0 Å². The number of aromatic nitrogens is 2. The van der Waals surface area contributed by atoms with E-state index in [0.29, 0.717) is 11.1 Å². The molecule has 1 aromatic carbocycles. The van der Waals surface area contributed by atoms with Gasteiger partial charge in [0.1, 0.15) is 0 Å².